The minimum absolute atomic E-state index is 0.0167. The van der Waals surface area contributed by atoms with Crippen molar-refractivity contribution < 1.29 is 13.2 Å². The van der Waals surface area contributed by atoms with E-state index in [1.165, 1.54) is 12.1 Å². The average molecular weight is 463 g/mol. The molecule has 1 amide bonds. The van der Waals surface area contributed by atoms with Crippen molar-refractivity contribution in [3.05, 3.63) is 64.7 Å². The van der Waals surface area contributed by atoms with Crippen LogP contribution in [-0.2, 0) is 10.0 Å². The van der Waals surface area contributed by atoms with Gasteiger partial charge in [0.15, 0.2) is 0 Å². The molecule has 0 saturated carbocycles. The lowest BCUT2D eigenvalue weighted by Gasteiger charge is -2.33. The van der Waals surface area contributed by atoms with E-state index in [9.17, 15) is 13.2 Å². The van der Waals surface area contributed by atoms with Crippen molar-refractivity contribution in [2.45, 2.75) is 44.2 Å². The fraction of sp³-hybridized carbons (Fsp3) is 0.364. The van der Waals surface area contributed by atoms with Crippen LogP contribution in [0, 0.1) is 5.41 Å². The Labute approximate surface area is 188 Å². The highest BCUT2D eigenvalue weighted by Gasteiger charge is 2.39. The monoisotopic (exact) mass is 462 g/mol. The summed E-state index contributed by atoms with van der Waals surface area (Å²) < 4.78 is 27.3. The topological polar surface area (TPSA) is 93.6 Å². The predicted octanol–water partition coefficient (Wildman–Crippen LogP) is 3.87. The first kappa shape index (κ1) is 23.1. The summed E-state index contributed by atoms with van der Waals surface area (Å²) in [6, 6.07) is 12.8. The van der Waals surface area contributed by atoms with Crippen LogP contribution in [0.2, 0.25) is 5.02 Å². The zero-order chi connectivity index (χ0) is 23.0. The number of rotatable bonds is 5. The van der Waals surface area contributed by atoms with E-state index < -0.39 is 10.0 Å². The van der Waals surface area contributed by atoms with Crippen LogP contribution in [0.4, 0.5) is 0 Å². The van der Waals surface area contributed by atoms with E-state index >= 15 is 0 Å². The minimum Gasteiger partial charge on any atom is -0.345 e. The Morgan fingerprint density at radius 1 is 1.10 bits per heavy atom. The maximum absolute atomic E-state index is 13.1. The molecular weight excluding hydrogens is 436 g/mol. The maximum Gasteiger partial charge on any atom is 0.266 e. The first-order valence-corrected chi connectivity index (χ1v) is 11.8. The lowest BCUT2D eigenvalue weighted by molar-refractivity contribution is 0.0940. The molecule has 1 heterocycles. The molecule has 1 aliphatic heterocycles. The number of nitrogens with one attached hydrogen (secondary N) is 2. The number of nitrogens with zero attached hydrogens (tertiary/aromatic N) is 2. The van der Waals surface area contributed by atoms with E-state index in [0.717, 1.165) is 9.87 Å². The molecule has 7 nitrogen and oxygen atoms in total. The number of carbonyl (C=O) groups is 1. The number of sulfonamides is 1. The summed E-state index contributed by atoms with van der Waals surface area (Å²) in [5.41, 5.74) is 0.805. The highest BCUT2D eigenvalue weighted by Crippen LogP contribution is 2.26. The molecule has 166 valence electrons. The molecule has 0 bridgehead atoms. The lowest BCUT2D eigenvalue weighted by atomic mass is 10.1. The Kier molecular flexibility index (Phi) is 6.34. The van der Waals surface area contributed by atoms with E-state index in [2.05, 4.69) is 5.32 Å². The van der Waals surface area contributed by atoms with Crippen LogP contribution in [0.5, 0.6) is 0 Å². The molecule has 1 aliphatic rings. The van der Waals surface area contributed by atoms with Gasteiger partial charge in [0.2, 0.25) is 5.96 Å². The Hall–Kier alpha value is -2.58. The third-order valence-electron chi connectivity index (χ3n) is 5.26. The van der Waals surface area contributed by atoms with Crippen molar-refractivity contribution in [3.63, 3.8) is 0 Å². The zero-order valence-electron chi connectivity index (χ0n) is 18.0. The Balaban J connectivity index is 1.74. The molecule has 0 aromatic heterocycles. The quantitative estimate of drug-likeness (QED) is 0.705. The molecule has 1 unspecified atom stereocenters. The van der Waals surface area contributed by atoms with Crippen LogP contribution in [0.3, 0.4) is 0 Å². The van der Waals surface area contributed by atoms with Crippen LogP contribution in [-0.4, -0.2) is 48.1 Å². The fourth-order valence-electron chi connectivity index (χ4n) is 3.48. The second kappa shape index (κ2) is 8.51. The highest BCUT2D eigenvalue weighted by molar-refractivity contribution is 7.89. The standard InChI is InChI=1S/C22H27ClN4O3S/c1-15(25-20(28)18-7-5-6-8-19(18)23)16-9-11-17(12-10-16)31(29,30)27-14-13-26(21(27)24)22(2,3)4/h5-12,15,24H,13-14H2,1-4H3,(H,25,28). The molecule has 31 heavy (non-hydrogen) atoms. The van der Waals surface area contributed by atoms with Gasteiger partial charge in [0.1, 0.15) is 0 Å². The van der Waals surface area contributed by atoms with E-state index in [1.807, 2.05) is 27.7 Å². The van der Waals surface area contributed by atoms with Gasteiger partial charge in [-0.3, -0.25) is 10.2 Å². The number of amides is 1. The normalized spacial score (nSPS) is 15.8. The van der Waals surface area contributed by atoms with Crippen molar-refractivity contribution in [2.75, 3.05) is 13.1 Å². The van der Waals surface area contributed by atoms with Crippen molar-refractivity contribution in [1.82, 2.24) is 14.5 Å². The smallest absolute Gasteiger partial charge is 0.266 e. The molecule has 2 aromatic rings. The average Bonchev–Trinajstić information content (AvgIpc) is 3.11. The molecule has 0 aliphatic carbocycles. The lowest BCUT2D eigenvalue weighted by Crippen LogP contribution is -2.45. The van der Waals surface area contributed by atoms with E-state index in [-0.39, 0.29) is 34.9 Å². The third-order valence-corrected chi connectivity index (χ3v) is 7.40. The summed E-state index contributed by atoms with van der Waals surface area (Å²) in [7, 11) is -3.83. The molecule has 3 rings (SSSR count). The summed E-state index contributed by atoms with van der Waals surface area (Å²) in [4.78, 5) is 14.4. The van der Waals surface area contributed by atoms with Crippen molar-refractivity contribution in [3.8, 4) is 0 Å². The van der Waals surface area contributed by atoms with Gasteiger partial charge in [-0.15, -0.1) is 0 Å². The van der Waals surface area contributed by atoms with Gasteiger partial charge in [-0.1, -0.05) is 35.9 Å². The van der Waals surface area contributed by atoms with E-state index in [1.54, 1.807) is 41.3 Å². The van der Waals surface area contributed by atoms with Gasteiger partial charge in [0.05, 0.1) is 28.1 Å². The van der Waals surface area contributed by atoms with Crippen LogP contribution in [0.1, 0.15) is 49.7 Å². The number of carbonyl (C=O) groups excluding carboxylic acids is 1. The number of halogens is 1. The van der Waals surface area contributed by atoms with Crippen molar-refractivity contribution >= 4 is 33.5 Å². The second-order valence-corrected chi connectivity index (χ2v) is 10.7. The van der Waals surface area contributed by atoms with Crippen LogP contribution in [0.15, 0.2) is 53.4 Å². The molecule has 9 heteroatoms. The van der Waals surface area contributed by atoms with Gasteiger partial charge in [0.25, 0.3) is 15.9 Å². The van der Waals surface area contributed by atoms with Crippen LogP contribution >= 0.6 is 11.6 Å². The summed E-state index contributed by atoms with van der Waals surface area (Å²) in [5, 5.41) is 11.6. The van der Waals surface area contributed by atoms with E-state index in [4.69, 9.17) is 17.0 Å². The summed E-state index contributed by atoms with van der Waals surface area (Å²) in [6.07, 6.45) is 0. The van der Waals surface area contributed by atoms with Crippen LogP contribution < -0.4 is 5.32 Å². The minimum atomic E-state index is -3.83. The number of hydrogen-bond acceptors (Lipinski definition) is 4. The highest BCUT2D eigenvalue weighted by atomic mass is 35.5. The first-order chi connectivity index (χ1) is 14.4. The van der Waals surface area contributed by atoms with Gasteiger partial charge < -0.3 is 10.2 Å². The number of guanidine groups is 1. The van der Waals surface area contributed by atoms with Gasteiger partial charge >= 0.3 is 0 Å². The SMILES string of the molecule is CC(NC(=O)c1ccccc1Cl)c1ccc(S(=O)(=O)N2CCN(C(C)(C)C)C2=N)cc1. The van der Waals surface area contributed by atoms with Crippen molar-refractivity contribution in [2.24, 2.45) is 0 Å². The molecule has 1 fully saturated rings. The molecular formula is C22H27ClN4O3S. The van der Waals surface area contributed by atoms with E-state index in [0.29, 0.717) is 17.1 Å². The van der Waals surface area contributed by atoms with Gasteiger partial charge in [0, 0.05) is 12.1 Å². The van der Waals surface area contributed by atoms with Crippen molar-refractivity contribution in [1.29, 1.82) is 5.41 Å². The molecule has 2 N–H and O–H groups in total. The molecule has 0 spiro atoms. The molecule has 0 radical (unpaired) electrons. The second-order valence-electron chi connectivity index (χ2n) is 8.47. The van der Waals surface area contributed by atoms with Gasteiger partial charge in [-0.2, -0.15) is 0 Å². The fourth-order valence-corrected chi connectivity index (χ4v) is 5.09. The molecule has 2 aromatic carbocycles. The maximum atomic E-state index is 13.1. The Morgan fingerprint density at radius 3 is 2.26 bits per heavy atom. The number of hydrogen-bond donors (Lipinski definition) is 2. The summed E-state index contributed by atoms with van der Waals surface area (Å²) in [6.45, 7) is 8.38. The summed E-state index contributed by atoms with van der Waals surface area (Å²) >= 11 is 6.08. The third kappa shape index (κ3) is 4.70. The Bertz CT molecular complexity index is 1090. The van der Waals surface area contributed by atoms with Gasteiger partial charge in [-0.05, 0) is 57.5 Å². The van der Waals surface area contributed by atoms with Crippen LogP contribution in [0.25, 0.3) is 0 Å². The van der Waals surface area contributed by atoms with Gasteiger partial charge in [-0.25, -0.2) is 12.7 Å². The Morgan fingerprint density at radius 2 is 1.71 bits per heavy atom. The molecule has 1 saturated heterocycles. The molecule has 1 atom stereocenters. The predicted molar refractivity (Wildman–Crippen MR) is 122 cm³/mol. The zero-order valence-corrected chi connectivity index (χ0v) is 19.6. The first-order valence-electron chi connectivity index (χ1n) is 9.97. The largest absolute Gasteiger partial charge is 0.345 e. The summed E-state index contributed by atoms with van der Waals surface area (Å²) in [5.74, 6) is -0.320. The number of benzene rings is 2.